The number of hydrogen-bond donors (Lipinski definition) is 0. The van der Waals surface area contributed by atoms with E-state index < -0.39 is 11.5 Å². The molecule has 2 aromatic carbocycles. The van der Waals surface area contributed by atoms with E-state index in [0.29, 0.717) is 46.5 Å². The molecule has 4 rings (SSSR count). The van der Waals surface area contributed by atoms with Gasteiger partial charge >= 0.3 is 11.6 Å². The minimum Gasteiger partial charge on any atom is -0.469 e. The lowest BCUT2D eigenvalue weighted by Gasteiger charge is -2.33. The number of nitrogens with zero attached hydrogens (tertiary/aromatic N) is 1. The largest absolute Gasteiger partial charge is 0.469 e. The van der Waals surface area contributed by atoms with E-state index in [1.165, 1.54) is 13.2 Å². The molecule has 0 N–H and O–H groups in total. The lowest BCUT2D eigenvalue weighted by atomic mass is 9.91. The Bertz CT molecular complexity index is 1300. The molecule has 1 saturated heterocycles. The van der Waals surface area contributed by atoms with Gasteiger partial charge in [-0.2, -0.15) is 0 Å². The highest BCUT2D eigenvalue weighted by molar-refractivity contribution is 6.33. The molecule has 3 aromatic rings. The second kappa shape index (κ2) is 10.2. The van der Waals surface area contributed by atoms with Crippen LogP contribution < -0.4 is 5.63 Å². The van der Waals surface area contributed by atoms with Gasteiger partial charge in [-0.05, 0) is 36.5 Å². The van der Waals surface area contributed by atoms with Crippen LogP contribution in [-0.2, 0) is 19.1 Å². The average Bonchev–Trinajstić information content (AvgIpc) is 2.84. The number of fused-ring (bicyclic) bond motifs is 1. The molecule has 0 bridgehead atoms. The quantitative estimate of drug-likeness (QED) is 0.227. The minimum absolute atomic E-state index is 0.00902. The van der Waals surface area contributed by atoms with Gasteiger partial charge in [-0.15, -0.1) is 0 Å². The summed E-state index contributed by atoms with van der Waals surface area (Å²) in [4.78, 5) is 50.8. The number of rotatable bonds is 6. The summed E-state index contributed by atoms with van der Waals surface area (Å²) in [5, 5.41) is 1.13. The van der Waals surface area contributed by atoms with Crippen molar-refractivity contribution in [2.24, 2.45) is 5.92 Å². The summed E-state index contributed by atoms with van der Waals surface area (Å²) in [7, 11) is 1.34. The van der Waals surface area contributed by atoms with Gasteiger partial charge in [0.2, 0.25) is 5.91 Å². The smallest absolute Gasteiger partial charge is 0.336 e. The maximum absolute atomic E-state index is 13.2. The van der Waals surface area contributed by atoms with E-state index in [9.17, 15) is 19.2 Å². The number of methoxy groups -OCH3 is 1. The third-order valence-electron chi connectivity index (χ3n) is 6.21. The molecule has 1 amide bonds. The molecule has 2 atom stereocenters. The third kappa shape index (κ3) is 4.89. The van der Waals surface area contributed by atoms with Gasteiger partial charge in [0.05, 0.1) is 7.11 Å². The van der Waals surface area contributed by atoms with Gasteiger partial charge in [-0.25, -0.2) is 4.79 Å². The third-order valence-corrected chi connectivity index (χ3v) is 6.54. The molecule has 34 heavy (non-hydrogen) atoms. The Labute approximate surface area is 201 Å². The van der Waals surface area contributed by atoms with Gasteiger partial charge in [0, 0.05) is 47.1 Å². The number of likely N-dealkylation sites (tertiary alicyclic amines) is 1. The van der Waals surface area contributed by atoms with Crippen LogP contribution in [0.3, 0.4) is 0 Å². The number of benzene rings is 2. The average molecular weight is 482 g/mol. The van der Waals surface area contributed by atoms with Crippen molar-refractivity contribution in [2.45, 2.75) is 25.2 Å². The second-order valence-electron chi connectivity index (χ2n) is 8.40. The number of esters is 1. The normalized spacial score (nSPS) is 16.8. The number of ether oxygens (including phenoxy) is 1. The first-order valence-electron chi connectivity index (χ1n) is 11.0. The molecule has 0 unspecified atom stereocenters. The van der Waals surface area contributed by atoms with Crippen molar-refractivity contribution in [3.05, 3.63) is 69.5 Å². The van der Waals surface area contributed by atoms with Gasteiger partial charge in [-0.3, -0.25) is 9.59 Å². The molecule has 1 fully saturated rings. The van der Waals surface area contributed by atoms with Crippen LogP contribution in [-0.4, -0.2) is 43.3 Å². The van der Waals surface area contributed by atoms with Crippen LogP contribution in [0.4, 0.5) is 0 Å². The summed E-state index contributed by atoms with van der Waals surface area (Å²) in [6, 6.07) is 13.5. The van der Waals surface area contributed by atoms with E-state index >= 15 is 0 Å². The highest BCUT2D eigenvalue weighted by atomic mass is 35.5. The first-order valence-corrected chi connectivity index (χ1v) is 11.4. The minimum atomic E-state index is -1.05. The summed E-state index contributed by atoms with van der Waals surface area (Å²) in [6.45, 7) is 0.901. The van der Waals surface area contributed by atoms with Crippen molar-refractivity contribution < 1.29 is 23.5 Å². The zero-order chi connectivity index (χ0) is 24.2. The summed E-state index contributed by atoms with van der Waals surface area (Å²) in [6.07, 6.45) is 2.39. The van der Waals surface area contributed by atoms with E-state index in [0.717, 1.165) is 12.8 Å². The van der Waals surface area contributed by atoms with Crippen LogP contribution in [0.2, 0.25) is 5.02 Å². The molecule has 2 heterocycles. The number of hydrogen-bond acceptors (Lipinski definition) is 6. The maximum atomic E-state index is 13.2. The van der Waals surface area contributed by atoms with Crippen LogP contribution in [0.5, 0.6) is 0 Å². The van der Waals surface area contributed by atoms with Crippen molar-refractivity contribution in [3.63, 3.8) is 0 Å². The van der Waals surface area contributed by atoms with Crippen molar-refractivity contribution in [1.29, 1.82) is 0 Å². The highest BCUT2D eigenvalue weighted by Gasteiger charge is 2.31. The molecular weight excluding hydrogens is 458 g/mol. The predicted molar refractivity (Wildman–Crippen MR) is 128 cm³/mol. The molecule has 0 saturated carbocycles. The van der Waals surface area contributed by atoms with E-state index in [2.05, 4.69) is 0 Å². The molecular formula is C26H24ClNO6. The maximum Gasteiger partial charge on any atom is 0.336 e. The number of carbonyl (C=O) groups excluding carboxylic acids is 3. The Kier molecular flexibility index (Phi) is 7.12. The summed E-state index contributed by atoms with van der Waals surface area (Å²) in [5.74, 6) is -1.71. The van der Waals surface area contributed by atoms with Gasteiger partial charge in [0.15, 0.2) is 0 Å². The fraction of sp³-hybridized carbons (Fsp3) is 0.308. The van der Waals surface area contributed by atoms with E-state index in [1.807, 2.05) is 12.1 Å². The van der Waals surface area contributed by atoms with Crippen LogP contribution in [0.15, 0.2) is 57.7 Å². The Morgan fingerprint density at radius 2 is 2.00 bits per heavy atom. The van der Waals surface area contributed by atoms with Crippen LogP contribution >= 0.6 is 11.6 Å². The fourth-order valence-electron chi connectivity index (χ4n) is 4.50. The monoisotopic (exact) mass is 481 g/mol. The summed E-state index contributed by atoms with van der Waals surface area (Å²) < 4.78 is 10.1. The van der Waals surface area contributed by atoms with Gasteiger partial charge in [0.1, 0.15) is 17.8 Å². The molecule has 0 radical (unpaired) electrons. The molecule has 0 aliphatic carbocycles. The second-order valence-corrected chi connectivity index (χ2v) is 8.81. The Morgan fingerprint density at radius 3 is 2.74 bits per heavy atom. The zero-order valence-electron chi connectivity index (χ0n) is 18.7. The molecule has 1 aromatic heterocycles. The van der Waals surface area contributed by atoms with Gasteiger partial charge in [0.25, 0.3) is 0 Å². The molecule has 176 valence electrons. The van der Waals surface area contributed by atoms with Crippen molar-refractivity contribution in [2.75, 3.05) is 20.2 Å². The molecule has 7 nitrogen and oxygen atoms in total. The topological polar surface area (TPSA) is 93.9 Å². The van der Waals surface area contributed by atoms with E-state index in [-0.39, 0.29) is 29.8 Å². The SMILES string of the molecule is COC(=O)C[C@H]1CCCN(C(=O)[C@@H](C=O)c2ccc3c(-c4ccccc4Cl)cc(=O)oc3c2)C1. The Morgan fingerprint density at radius 1 is 1.21 bits per heavy atom. The van der Waals surface area contributed by atoms with Gasteiger partial charge in [-0.1, -0.05) is 41.9 Å². The summed E-state index contributed by atoms with van der Waals surface area (Å²) in [5.41, 5.74) is 1.43. The Balaban J connectivity index is 1.65. The van der Waals surface area contributed by atoms with Crippen molar-refractivity contribution in [3.8, 4) is 11.1 Å². The standard InChI is InChI=1S/C26H24ClNO6/c1-33-24(30)11-16-5-4-10-28(14-16)26(32)21(15-29)17-8-9-19-20(13-25(31)34-23(19)12-17)18-6-2-3-7-22(18)27/h2-3,6-9,12-13,15-16,21H,4-5,10-11,14H2,1H3/t16-,21+/m1/s1. The number of aldehydes is 1. The molecule has 1 aliphatic rings. The van der Waals surface area contributed by atoms with Crippen molar-refractivity contribution in [1.82, 2.24) is 4.90 Å². The fourth-order valence-corrected chi connectivity index (χ4v) is 4.74. The number of carbonyl (C=O) groups is 3. The number of amides is 1. The van der Waals surface area contributed by atoms with E-state index in [1.54, 1.807) is 35.2 Å². The molecule has 8 heteroatoms. The van der Waals surface area contributed by atoms with Gasteiger partial charge < -0.3 is 18.8 Å². The predicted octanol–water partition coefficient (Wildman–Crippen LogP) is 4.20. The van der Waals surface area contributed by atoms with Crippen LogP contribution in [0.25, 0.3) is 22.1 Å². The first kappa shape index (κ1) is 23.7. The van der Waals surface area contributed by atoms with E-state index in [4.69, 9.17) is 20.8 Å². The van der Waals surface area contributed by atoms with Crippen molar-refractivity contribution >= 4 is 40.7 Å². The molecule has 1 aliphatic heterocycles. The number of piperidine rings is 1. The first-order chi connectivity index (χ1) is 16.4. The summed E-state index contributed by atoms with van der Waals surface area (Å²) >= 11 is 6.34. The molecule has 0 spiro atoms. The van der Waals surface area contributed by atoms with Crippen LogP contribution in [0, 0.1) is 5.92 Å². The number of halogens is 1. The lowest BCUT2D eigenvalue weighted by molar-refractivity contribution is -0.144. The zero-order valence-corrected chi connectivity index (χ0v) is 19.4. The van der Waals surface area contributed by atoms with Crippen LogP contribution in [0.1, 0.15) is 30.7 Å². The highest BCUT2D eigenvalue weighted by Crippen LogP contribution is 2.34. The Hall–Kier alpha value is -3.45. The lowest BCUT2D eigenvalue weighted by Crippen LogP contribution is -2.43.